The molecule has 0 spiro atoms. The molecule has 0 bridgehead atoms. The van der Waals surface area contributed by atoms with Gasteiger partial charge in [-0.05, 0) is 36.8 Å². The van der Waals surface area contributed by atoms with Crippen LogP contribution in [-0.2, 0) is 13.1 Å². The van der Waals surface area contributed by atoms with E-state index >= 15 is 0 Å². The third-order valence-electron chi connectivity index (χ3n) is 3.06. The zero-order chi connectivity index (χ0) is 13.8. The molecule has 1 heterocycles. The fourth-order valence-electron chi connectivity index (χ4n) is 2.09. The zero-order valence-corrected chi connectivity index (χ0v) is 11.7. The molecule has 0 aliphatic carbocycles. The van der Waals surface area contributed by atoms with Crippen LogP contribution in [0.25, 0.3) is 11.3 Å². The first-order valence-electron chi connectivity index (χ1n) is 6.65. The van der Waals surface area contributed by atoms with Crippen LogP contribution in [0.5, 0.6) is 0 Å². The highest BCUT2D eigenvalue weighted by molar-refractivity contribution is 5.64. The second-order valence-electron chi connectivity index (χ2n) is 4.87. The summed E-state index contributed by atoms with van der Waals surface area (Å²) in [6, 6.07) is 7.26. The van der Waals surface area contributed by atoms with Crippen molar-refractivity contribution in [2.75, 3.05) is 0 Å². The van der Waals surface area contributed by atoms with E-state index in [1.807, 2.05) is 23.7 Å². The van der Waals surface area contributed by atoms with E-state index in [-0.39, 0.29) is 5.82 Å². The van der Waals surface area contributed by atoms with Gasteiger partial charge in [-0.15, -0.1) is 0 Å². The Bertz CT molecular complexity index is 546. The highest BCUT2D eigenvalue weighted by Gasteiger charge is 2.10. The number of hydrogen-bond donors (Lipinski definition) is 1. The van der Waals surface area contributed by atoms with Crippen LogP contribution in [-0.4, -0.2) is 15.8 Å². The van der Waals surface area contributed by atoms with Gasteiger partial charge in [-0.1, -0.05) is 13.8 Å². The first kappa shape index (κ1) is 13.7. The molecule has 1 N–H and O–H groups in total. The lowest BCUT2D eigenvalue weighted by Gasteiger charge is -2.14. The molecule has 4 heteroatoms. The van der Waals surface area contributed by atoms with Crippen molar-refractivity contribution in [2.24, 2.45) is 0 Å². The predicted octanol–water partition coefficient (Wildman–Crippen LogP) is 3.21. The van der Waals surface area contributed by atoms with E-state index in [0.717, 1.165) is 23.4 Å². The van der Waals surface area contributed by atoms with Gasteiger partial charge < -0.3 is 5.32 Å². The molecule has 1 aromatic carbocycles. The fraction of sp³-hybridized carbons (Fsp3) is 0.400. The van der Waals surface area contributed by atoms with Crippen LogP contribution in [0.1, 0.15) is 26.3 Å². The minimum Gasteiger partial charge on any atom is -0.310 e. The molecule has 19 heavy (non-hydrogen) atoms. The molecule has 0 radical (unpaired) electrons. The maximum Gasteiger partial charge on any atom is 0.123 e. The van der Waals surface area contributed by atoms with E-state index in [4.69, 9.17) is 0 Å². The van der Waals surface area contributed by atoms with Crippen molar-refractivity contribution in [3.05, 3.63) is 41.8 Å². The second-order valence-corrected chi connectivity index (χ2v) is 4.87. The molecule has 0 saturated heterocycles. The van der Waals surface area contributed by atoms with Gasteiger partial charge in [0.1, 0.15) is 5.82 Å². The molecule has 0 saturated carbocycles. The lowest BCUT2D eigenvalue weighted by Crippen LogP contribution is -2.22. The first-order valence-corrected chi connectivity index (χ1v) is 6.65. The Morgan fingerprint density at radius 2 is 2.11 bits per heavy atom. The Labute approximate surface area is 113 Å². The Morgan fingerprint density at radius 3 is 2.79 bits per heavy atom. The average Bonchev–Trinajstić information content (AvgIpc) is 2.84. The van der Waals surface area contributed by atoms with Crippen molar-refractivity contribution in [1.82, 2.24) is 15.1 Å². The molecule has 2 rings (SSSR count). The van der Waals surface area contributed by atoms with Crippen molar-refractivity contribution in [2.45, 2.75) is 39.9 Å². The van der Waals surface area contributed by atoms with Gasteiger partial charge in [0.15, 0.2) is 0 Å². The van der Waals surface area contributed by atoms with Crippen LogP contribution >= 0.6 is 0 Å². The molecule has 0 unspecified atom stereocenters. The van der Waals surface area contributed by atoms with Crippen LogP contribution in [0, 0.1) is 5.82 Å². The minimum atomic E-state index is -0.202. The minimum absolute atomic E-state index is 0.202. The number of hydrogen-bond acceptors (Lipinski definition) is 2. The zero-order valence-electron chi connectivity index (χ0n) is 11.7. The van der Waals surface area contributed by atoms with E-state index in [0.29, 0.717) is 12.6 Å². The van der Waals surface area contributed by atoms with E-state index in [2.05, 4.69) is 24.3 Å². The molecule has 0 amide bonds. The molecule has 0 fully saturated rings. The molecule has 102 valence electrons. The lowest BCUT2D eigenvalue weighted by molar-refractivity contribution is 0.581. The molecular weight excluding hydrogens is 241 g/mol. The number of nitrogens with one attached hydrogen (secondary N) is 1. The van der Waals surface area contributed by atoms with Crippen LogP contribution in [0.3, 0.4) is 0 Å². The van der Waals surface area contributed by atoms with E-state index < -0.39 is 0 Å². The topological polar surface area (TPSA) is 29.9 Å². The number of benzene rings is 1. The Balaban J connectivity index is 2.39. The van der Waals surface area contributed by atoms with E-state index in [1.54, 1.807) is 12.3 Å². The molecule has 1 aromatic heterocycles. The Hall–Kier alpha value is -1.68. The normalized spacial score (nSPS) is 11.2. The number of rotatable bonds is 5. The number of aromatic nitrogens is 2. The number of nitrogens with zero attached hydrogens (tertiary/aromatic N) is 2. The molecule has 0 atom stereocenters. The number of aryl methyl sites for hydroxylation is 1. The maximum atomic E-state index is 13.4. The highest BCUT2D eigenvalue weighted by atomic mass is 19.1. The summed E-state index contributed by atoms with van der Waals surface area (Å²) in [6.07, 6.45) is 1.78. The standard InChI is InChI=1S/C15H20FN3/c1-4-19-15(7-8-18-19)14-6-5-13(16)9-12(14)10-17-11(2)3/h5-9,11,17H,4,10H2,1-3H3. The second kappa shape index (κ2) is 5.97. The SMILES string of the molecule is CCn1nccc1-c1ccc(F)cc1CNC(C)C. The summed E-state index contributed by atoms with van der Waals surface area (Å²) in [7, 11) is 0. The van der Waals surface area contributed by atoms with Crippen LogP contribution in [0.2, 0.25) is 0 Å². The van der Waals surface area contributed by atoms with Crippen molar-refractivity contribution in [3.63, 3.8) is 0 Å². The summed E-state index contributed by atoms with van der Waals surface area (Å²) < 4.78 is 15.4. The monoisotopic (exact) mass is 261 g/mol. The Kier molecular flexibility index (Phi) is 4.32. The lowest BCUT2D eigenvalue weighted by atomic mass is 10.0. The smallest absolute Gasteiger partial charge is 0.123 e. The Morgan fingerprint density at radius 1 is 1.32 bits per heavy atom. The van der Waals surface area contributed by atoms with Gasteiger partial charge in [-0.3, -0.25) is 4.68 Å². The largest absolute Gasteiger partial charge is 0.310 e. The van der Waals surface area contributed by atoms with Crippen molar-refractivity contribution >= 4 is 0 Å². The third kappa shape index (κ3) is 3.20. The molecule has 2 aromatic rings. The summed E-state index contributed by atoms with van der Waals surface area (Å²) in [5.74, 6) is -0.202. The number of halogens is 1. The van der Waals surface area contributed by atoms with Gasteiger partial charge in [0.2, 0.25) is 0 Å². The van der Waals surface area contributed by atoms with Gasteiger partial charge in [-0.2, -0.15) is 5.10 Å². The summed E-state index contributed by atoms with van der Waals surface area (Å²) in [5, 5.41) is 7.60. The van der Waals surface area contributed by atoms with Gasteiger partial charge in [0, 0.05) is 30.9 Å². The molecule has 3 nitrogen and oxygen atoms in total. The predicted molar refractivity (Wildman–Crippen MR) is 75.3 cm³/mol. The maximum absolute atomic E-state index is 13.4. The summed E-state index contributed by atoms with van der Waals surface area (Å²) in [6.45, 7) is 7.66. The highest BCUT2D eigenvalue weighted by Crippen LogP contribution is 2.24. The van der Waals surface area contributed by atoms with Gasteiger partial charge in [-0.25, -0.2) is 4.39 Å². The van der Waals surface area contributed by atoms with E-state index in [1.165, 1.54) is 6.07 Å². The molecule has 0 aliphatic rings. The van der Waals surface area contributed by atoms with Gasteiger partial charge >= 0.3 is 0 Å². The van der Waals surface area contributed by atoms with E-state index in [9.17, 15) is 4.39 Å². The van der Waals surface area contributed by atoms with Crippen molar-refractivity contribution < 1.29 is 4.39 Å². The van der Waals surface area contributed by atoms with Crippen LogP contribution in [0.15, 0.2) is 30.5 Å². The van der Waals surface area contributed by atoms with Crippen molar-refractivity contribution in [3.8, 4) is 11.3 Å². The van der Waals surface area contributed by atoms with Crippen molar-refractivity contribution in [1.29, 1.82) is 0 Å². The summed E-state index contributed by atoms with van der Waals surface area (Å²) in [4.78, 5) is 0. The summed E-state index contributed by atoms with van der Waals surface area (Å²) in [5.41, 5.74) is 3.03. The molecular formula is C15H20FN3. The van der Waals surface area contributed by atoms with Gasteiger partial charge in [0.25, 0.3) is 0 Å². The molecule has 0 aliphatic heterocycles. The fourth-order valence-corrected chi connectivity index (χ4v) is 2.09. The average molecular weight is 261 g/mol. The van der Waals surface area contributed by atoms with Gasteiger partial charge in [0.05, 0.1) is 5.69 Å². The van der Waals surface area contributed by atoms with Crippen LogP contribution < -0.4 is 5.32 Å². The van der Waals surface area contributed by atoms with Crippen LogP contribution in [0.4, 0.5) is 4.39 Å². The summed E-state index contributed by atoms with van der Waals surface area (Å²) >= 11 is 0. The first-order chi connectivity index (χ1) is 9.11. The third-order valence-corrected chi connectivity index (χ3v) is 3.06. The quantitative estimate of drug-likeness (QED) is 0.895.